The Bertz CT molecular complexity index is 804. The Hall–Kier alpha value is -2.85. The first-order valence-electron chi connectivity index (χ1n) is 8.08. The predicted molar refractivity (Wildman–Crippen MR) is 108 cm³/mol. The molecule has 1 N–H and O–H groups in total. The zero-order valence-electron chi connectivity index (χ0n) is 14.1. The Morgan fingerprint density at radius 2 is 1.48 bits per heavy atom. The third kappa shape index (κ3) is 4.58. The van der Waals surface area contributed by atoms with Crippen molar-refractivity contribution in [3.8, 4) is 5.75 Å². The third-order valence-electron chi connectivity index (χ3n) is 3.84. The lowest BCUT2D eigenvalue weighted by molar-refractivity contribution is 0.415. The normalized spacial score (nSPS) is 10.1. The van der Waals surface area contributed by atoms with Crippen molar-refractivity contribution in [2.24, 2.45) is 0 Å². The molecule has 4 heteroatoms. The van der Waals surface area contributed by atoms with Crippen LogP contribution in [0.2, 0.25) is 0 Å². The molecule has 0 heterocycles. The molecule has 0 saturated carbocycles. The molecule has 0 fully saturated rings. The van der Waals surface area contributed by atoms with Gasteiger partial charge in [0.05, 0.1) is 13.7 Å². The Morgan fingerprint density at radius 1 is 0.880 bits per heavy atom. The van der Waals surface area contributed by atoms with Crippen molar-refractivity contribution in [1.29, 1.82) is 0 Å². The first kappa shape index (κ1) is 17.0. The molecule has 0 aromatic heterocycles. The molecule has 25 heavy (non-hydrogen) atoms. The minimum atomic E-state index is 0.653. The topological polar surface area (TPSA) is 24.5 Å². The zero-order chi connectivity index (χ0) is 17.5. The number of hydrogen-bond acceptors (Lipinski definition) is 2. The first-order chi connectivity index (χ1) is 12.3. The van der Waals surface area contributed by atoms with Gasteiger partial charge in [-0.3, -0.25) is 0 Å². The highest BCUT2D eigenvalue weighted by Crippen LogP contribution is 2.22. The fourth-order valence-corrected chi connectivity index (χ4v) is 2.81. The molecular weight excluding hydrogens is 328 g/mol. The number of ether oxygens (including phenoxy) is 1. The Balaban J connectivity index is 1.86. The molecule has 0 aliphatic heterocycles. The molecule has 0 amide bonds. The second kappa shape index (κ2) is 8.31. The quantitative estimate of drug-likeness (QED) is 0.649. The lowest BCUT2D eigenvalue weighted by Gasteiger charge is -2.26. The van der Waals surface area contributed by atoms with Crippen LogP contribution in [0.15, 0.2) is 84.9 Å². The van der Waals surface area contributed by atoms with Gasteiger partial charge in [-0.25, -0.2) is 0 Å². The number of rotatable bonds is 5. The molecular formula is C21H20N2OS. The van der Waals surface area contributed by atoms with E-state index < -0.39 is 0 Å². The molecule has 0 radical (unpaired) electrons. The van der Waals surface area contributed by atoms with Crippen LogP contribution in [0, 0.1) is 0 Å². The average molecular weight is 348 g/mol. The van der Waals surface area contributed by atoms with Crippen LogP contribution in [-0.2, 0) is 6.54 Å². The van der Waals surface area contributed by atoms with E-state index in [0.717, 1.165) is 17.1 Å². The highest BCUT2D eigenvalue weighted by molar-refractivity contribution is 7.80. The molecule has 0 bridgehead atoms. The standard InChI is InChI=1S/C21H20N2OS/c1-24-20-14-12-19(13-15-20)23(16-17-8-4-2-5-9-17)21(25)22-18-10-6-3-7-11-18/h2-15H,16H2,1H3,(H,22,25). The van der Waals surface area contributed by atoms with Crippen LogP contribution in [-0.4, -0.2) is 12.2 Å². The van der Waals surface area contributed by atoms with Gasteiger partial charge in [0.1, 0.15) is 5.75 Å². The van der Waals surface area contributed by atoms with Crippen LogP contribution in [0.4, 0.5) is 11.4 Å². The largest absolute Gasteiger partial charge is 0.497 e. The summed E-state index contributed by atoms with van der Waals surface area (Å²) in [5.74, 6) is 0.824. The fraction of sp³-hybridized carbons (Fsp3) is 0.0952. The maximum Gasteiger partial charge on any atom is 0.178 e. The maximum atomic E-state index is 5.68. The van der Waals surface area contributed by atoms with Crippen LogP contribution in [0.1, 0.15) is 5.56 Å². The number of nitrogens with zero attached hydrogens (tertiary/aromatic N) is 1. The van der Waals surface area contributed by atoms with Gasteiger partial charge in [0.25, 0.3) is 0 Å². The number of para-hydroxylation sites is 1. The zero-order valence-corrected chi connectivity index (χ0v) is 14.9. The maximum absolute atomic E-state index is 5.68. The molecule has 126 valence electrons. The van der Waals surface area contributed by atoms with Crippen molar-refractivity contribution in [3.63, 3.8) is 0 Å². The fourth-order valence-electron chi connectivity index (χ4n) is 2.52. The summed E-state index contributed by atoms with van der Waals surface area (Å²) in [6, 6.07) is 28.2. The van der Waals surface area contributed by atoms with E-state index in [1.807, 2.05) is 72.8 Å². The van der Waals surface area contributed by atoms with Crippen LogP contribution in [0.5, 0.6) is 5.75 Å². The van der Waals surface area contributed by atoms with Gasteiger partial charge in [-0.05, 0) is 54.2 Å². The van der Waals surface area contributed by atoms with Gasteiger partial charge in [-0.2, -0.15) is 0 Å². The summed E-state index contributed by atoms with van der Waals surface area (Å²) in [5.41, 5.74) is 3.17. The number of nitrogens with one attached hydrogen (secondary N) is 1. The SMILES string of the molecule is COc1ccc(N(Cc2ccccc2)C(=S)Nc2ccccc2)cc1. The summed E-state index contributed by atoms with van der Waals surface area (Å²) < 4.78 is 5.26. The number of hydrogen-bond donors (Lipinski definition) is 1. The highest BCUT2D eigenvalue weighted by Gasteiger charge is 2.13. The van der Waals surface area contributed by atoms with Gasteiger partial charge in [-0.1, -0.05) is 48.5 Å². The molecule has 0 atom stereocenters. The minimum Gasteiger partial charge on any atom is -0.497 e. The van der Waals surface area contributed by atoms with E-state index in [2.05, 4.69) is 22.3 Å². The van der Waals surface area contributed by atoms with E-state index in [-0.39, 0.29) is 0 Å². The summed E-state index contributed by atoms with van der Waals surface area (Å²) in [6.07, 6.45) is 0. The van der Waals surface area contributed by atoms with Crippen LogP contribution in [0.25, 0.3) is 0 Å². The second-order valence-corrected chi connectivity index (χ2v) is 5.95. The second-order valence-electron chi connectivity index (χ2n) is 5.57. The summed E-state index contributed by atoms with van der Waals surface area (Å²) >= 11 is 5.68. The van der Waals surface area contributed by atoms with Crippen LogP contribution >= 0.6 is 12.2 Å². The van der Waals surface area contributed by atoms with Gasteiger partial charge >= 0.3 is 0 Å². The molecule has 3 aromatic rings. The lowest BCUT2D eigenvalue weighted by Crippen LogP contribution is -2.34. The molecule has 0 unspecified atom stereocenters. The van der Waals surface area contributed by atoms with Gasteiger partial charge in [0.2, 0.25) is 0 Å². The van der Waals surface area contributed by atoms with Crippen molar-refractivity contribution < 1.29 is 4.74 Å². The van der Waals surface area contributed by atoms with Crippen LogP contribution < -0.4 is 15.0 Å². The summed E-state index contributed by atoms with van der Waals surface area (Å²) in [7, 11) is 1.67. The first-order valence-corrected chi connectivity index (χ1v) is 8.48. The molecule has 3 rings (SSSR count). The Labute approximate surface area is 153 Å². The molecule has 3 aromatic carbocycles. The van der Waals surface area contributed by atoms with Crippen molar-refractivity contribution in [2.75, 3.05) is 17.3 Å². The smallest absolute Gasteiger partial charge is 0.178 e. The van der Waals surface area contributed by atoms with Crippen molar-refractivity contribution >= 4 is 28.7 Å². The van der Waals surface area contributed by atoms with E-state index in [1.54, 1.807) is 7.11 Å². The molecule has 0 aliphatic rings. The van der Waals surface area contributed by atoms with Gasteiger partial charge in [-0.15, -0.1) is 0 Å². The predicted octanol–water partition coefficient (Wildman–Crippen LogP) is 5.10. The van der Waals surface area contributed by atoms with Gasteiger partial charge < -0.3 is 15.0 Å². The number of methoxy groups -OCH3 is 1. The van der Waals surface area contributed by atoms with Crippen molar-refractivity contribution in [1.82, 2.24) is 0 Å². The minimum absolute atomic E-state index is 0.653. The van der Waals surface area contributed by atoms with Crippen molar-refractivity contribution in [2.45, 2.75) is 6.54 Å². The van der Waals surface area contributed by atoms with Gasteiger partial charge in [0, 0.05) is 11.4 Å². The monoisotopic (exact) mass is 348 g/mol. The van der Waals surface area contributed by atoms with Crippen molar-refractivity contribution in [3.05, 3.63) is 90.5 Å². The lowest BCUT2D eigenvalue weighted by atomic mass is 10.2. The summed E-state index contributed by atoms with van der Waals surface area (Å²) in [4.78, 5) is 2.08. The molecule has 3 nitrogen and oxygen atoms in total. The Kier molecular flexibility index (Phi) is 5.65. The summed E-state index contributed by atoms with van der Waals surface area (Å²) in [5, 5.41) is 3.97. The highest BCUT2D eigenvalue weighted by atomic mass is 32.1. The Morgan fingerprint density at radius 3 is 2.08 bits per heavy atom. The van der Waals surface area contributed by atoms with E-state index in [4.69, 9.17) is 17.0 Å². The number of benzene rings is 3. The average Bonchev–Trinajstić information content (AvgIpc) is 2.68. The van der Waals surface area contributed by atoms with E-state index in [0.29, 0.717) is 11.7 Å². The van der Waals surface area contributed by atoms with Crippen LogP contribution in [0.3, 0.4) is 0 Å². The molecule has 0 aliphatic carbocycles. The van der Waals surface area contributed by atoms with E-state index >= 15 is 0 Å². The van der Waals surface area contributed by atoms with E-state index in [9.17, 15) is 0 Å². The summed E-state index contributed by atoms with van der Waals surface area (Å²) in [6.45, 7) is 0.686. The van der Waals surface area contributed by atoms with E-state index in [1.165, 1.54) is 5.56 Å². The third-order valence-corrected chi connectivity index (χ3v) is 4.16. The molecule has 0 spiro atoms. The number of anilines is 2. The number of thiocarbonyl (C=S) groups is 1. The molecule has 0 saturated heterocycles. The van der Waals surface area contributed by atoms with Gasteiger partial charge in [0.15, 0.2) is 5.11 Å².